The molecule has 2 N–H and O–H groups in total. The molecule has 0 saturated heterocycles. The maximum absolute atomic E-state index is 11.9. The predicted molar refractivity (Wildman–Crippen MR) is 77.6 cm³/mol. The first-order valence-electron chi connectivity index (χ1n) is 5.84. The molecule has 19 heavy (non-hydrogen) atoms. The van der Waals surface area contributed by atoms with Crippen molar-refractivity contribution in [3.63, 3.8) is 0 Å². The lowest BCUT2D eigenvalue weighted by atomic mass is 10.1. The summed E-state index contributed by atoms with van der Waals surface area (Å²) in [4.78, 5) is 11.9. The summed E-state index contributed by atoms with van der Waals surface area (Å²) >= 11 is 7.24. The Morgan fingerprint density at radius 3 is 2.95 bits per heavy atom. The molecule has 3 nitrogen and oxygen atoms in total. The molecule has 0 aliphatic heterocycles. The van der Waals surface area contributed by atoms with Crippen LogP contribution in [0.5, 0.6) is 0 Å². The lowest BCUT2D eigenvalue weighted by Crippen LogP contribution is -2.28. The third-order valence-electron chi connectivity index (χ3n) is 2.73. The number of alkyl halides is 1. The third-order valence-corrected chi connectivity index (χ3v) is 3.74. The van der Waals surface area contributed by atoms with Crippen molar-refractivity contribution >= 4 is 28.8 Å². The highest BCUT2D eigenvalue weighted by Crippen LogP contribution is 2.15. The first-order chi connectivity index (χ1) is 9.20. The Labute approximate surface area is 120 Å². The van der Waals surface area contributed by atoms with E-state index in [0.29, 0.717) is 11.4 Å². The Hall–Kier alpha value is -1.36. The first kappa shape index (κ1) is 14.1. The van der Waals surface area contributed by atoms with Crippen LogP contribution in [0.1, 0.15) is 27.6 Å². The number of carbonyl (C=O) groups excluding carboxylic acids is 1. The zero-order chi connectivity index (χ0) is 13.7. The zero-order valence-electron chi connectivity index (χ0n) is 10.2. The molecular formula is C14H14ClNO2S. The van der Waals surface area contributed by atoms with Crippen molar-refractivity contribution in [2.75, 3.05) is 6.54 Å². The van der Waals surface area contributed by atoms with Crippen molar-refractivity contribution < 1.29 is 9.90 Å². The largest absolute Gasteiger partial charge is 0.387 e. The fourth-order valence-electron chi connectivity index (χ4n) is 1.67. The average Bonchev–Trinajstić information content (AvgIpc) is 2.98. The van der Waals surface area contributed by atoms with E-state index in [1.807, 2.05) is 22.9 Å². The number of aliphatic hydroxyl groups is 1. The van der Waals surface area contributed by atoms with E-state index in [4.69, 9.17) is 11.6 Å². The topological polar surface area (TPSA) is 49.3 Å². The van der Waals surface area contributed by atoms with Gasteiger partial charge in [0.1, 0.15) is 0 Å². The first-order valence-corrected chi connectivity index (χ1v) is 7.31. The fraction of sp³-hybridized carbons (Fsp3) is 0.214. The summed E-state index contributed by atoms with van der Waals surface area (Å²) in [5, 5.41) is 16.3. The second-order valence-corrected chi connectivity index (χ2v) is 5.16. The third kappa shape index (κ3) is 3.80. The van der Waals surface area contributed by atoms with Gasteiger partial charge in [0.15, 0.2) is 0 Å². The minimum atomic E-state index is -0.675. The van der Waals surface area contributed by atoms with Gasteiger partial charge in [-0.25, -0.2) is 0 Å². The molecule has 5 heteroatoms. The van der Waals surface area contributed by atoms with E-state index in [1.54, 1.807) is 18.2 Å². The second kappa shape index (κ2) is 6.70. The summed E-state index contributed by atoms with van der Waals surface area (Å²) in [7, 11) is 0. The number of hydrogen-bond donors (Lipinski definition) is 2. The van der Waals surface area contributed by atoms with E-state index in [1.165, 1.54) is 11.3 Å². The van der Waals surface area contributed by atoms with Crippen molar-refractivity contribution in [1.82, 2.24) is 5.32 Å². The van der Waals surface area contributed by atoms with Crippen LogP contribution in [0.15, 0.2) is 41.1 Å². The fourth-order valence-corrected chi connectivity index (χ4v) is 2.54. The number of hydrogen-bond acceptors (Lipinski definition) is 3. The van der Waals surface area contributed by atoms with E-state index in [9.17, 15) is 9.90 Å². The lowest BCUT2D eigenvalue weighted by Gasteiger charge is -2.11. The highest BCUT2D eigenvalue weighted by molar-refractivity contribution is 7.07. The summed E-state index contributed by atoms with van der Waals surface area (Å²) in [6.07, 6.45) is -0.675. The zero-order valence-corrected chi connectivity index (χ0v) is 11.7. The number of nitrogens with one attached hydrogen (secondary N) is 1. The Morgan fingerprint density at radius 1 is 1.42 bits per heavy atom. The lowest BCUT2D eigenvalue weighted by molar-refractivity contribution is 0.0916. The van der Waals surface area contributed by atoms with Gasteiger partial charge in [-0.05, 0) is 40.1 Å². The van der Waals surface area contributed by atoms with Gasteiger partial charge >= 0.3 is 0 Å². The molecule has 1 amide bonds. The molecule has 0 fully saturated rings. The Kier molecular flexibility index (Phi) is 4.96. The predicted octanol–water partition coefficient (Wildman–Crippen LogP) is 2.95. The summed E-state index contributed by atoms with van der Waals surface area (Å²) in [6.45, 7) is 0.195. The molecule has 0 spiro atoms. The van der Waals surface area contributed by atoms with Gasteiger partial charge in [-0.2, -0.15) is 11.3 Å². The van der Waals surface area contributed by atoms with Crippen molar-refractivity contribution in [2.24, 2.45) is 0 Å². The minimum absolute atomic E-state index is 0.195. The Bertz CT molecular complexity index is 542. The van der Waals surface area contributed by atoms with Crippen LogP contribution < -0.4 is 5.32 Å². The van der Waals surface area contributed by atoms with E-state index < -0.39 is 6.10 Å². The van der Waals surface area contributed by atoms with E-state index >= 15 is 0 Å². The van der Waals surface area contributed by atoms with Gasteiger partial charge in [0.05, 0.1) is 6.10 Å². The van der Waals surface area contributed by atoms with Gasteiger partial charge in [-0.3, -0.25) is 4.79 Å². The van der Waals surface area contributed by atoms with Crippen LogP contribution >= 0.6 is 22.9 Å². The van der Waals surface area contributed by atoms with Crippen molar-refractivity contribution in [1.29, 1.82) is 0 Å². The molecular weight excluding hydrogens is 282 g/mol. The van der Waals surface area contributed by atoms with Crippen LogP contribution in [0.4, 0.5) is 0 Å². The number of amides is 1. The van der Waals surface area contributed by atoms with E-state index in [0.717, 1.165) is 11.1 Å². The number of halogens is 1. The molecule has 0 saturated carbocycles. The number of carbonyl (C=O) groups is 1. The maximum atomic E-state index is 11.9. The van der Waals surface area contributed by atoms with Gasteiger partial charge in [-0.15, -0.1) is 11.6 Å². The average molecular weight is 296 g/mol. The summed E-state index contributed by atoms with van der Waals surface area (Å²) < 4.78 is 0. The molecule has 1 aromatic carbocycles. The number of aliphatic hydroxyl groups excluding tert-OH is 1. The van der Waals surface area contributed by atoms with E-state index in [2.05, 4.69) is 5.32 Å². The SMILES string of the molecule is O=C(NCC(O)c1ccsc1)c1cccc(CCl)c1. The monoisotopic (exact) mass is 295 g/mol. The van der Waals surface area contributed by atoms with Crippen LogP contribution in [-0.4, -0.2) is 17.6 Å². The smallest absolute Gasteiger partial charge is 0.251 e. The number of benzene rings is 1. The molecule has 100 valence electrons. The van der Waals surface area contributed by atoms with Gasteiger partial charge in [0.25, 0.3) is 5.91 Å². The summed E-state index contributed by atoms with van der Waals surface area (Å²) in [6, 6.07) is 8.98. The molecule has 1 aromatic heterocycles. The minimum Gasteiger partial charge on any atom is -0.387 e. The van der Waals surface area contributed by atoms with Gasteiger partial charge in [0, 0.05) is 18.0 Å². The van der Waals surface area contributed by atoms with Gasteiger partial charge in [0.2, 0.25) is 0 Å². The second-order valence-electron chi connectivity index (χ2n) is 4.12. The molecule has 2 rings (SSSR count). The van der Waals surface area contributed by atoms with Crippen LogP contribution in [0.25, 0.3) is 0 Å². The molecule has 0 radical (unpaired) electrons. The molecule has 0 aliphatic carbocycles. The molecule has 0 bridgehead atoms. The number of thiophene rings is 1. The van der Waals surface area contributed by atoms with Gasteiger partial charge < -0.3 is 10.4 Å². The molecule has 1 unspecified atom stereocenters. The van der Waals surface area contributed by atoms with Crippen LogP contribution in [0.3, 0.4) is 0 Å². The number of rotatable bonds is 5. The van der Waals surface area contributed by atoms with Crippen LogP contribution in [0.2, 0.25) is 0 Å². The van der Waals surface area contributed by atoms with Gasteiger partial charge in [-0.1, -0.05) is 12.1 Å². The standard InChI is InChI=1S/C14H14ClNO2S/c15-7-10-2-1-3-11(6-10)14(18)16-8-13(17)12-4-5-19-9-12/h1-6,9,13,17H,7-8H2,(H,16,18). The van der Waals surface area contributed by atoms with Crippen molar-refractivity contribution in [3.05, 3.63) is 57.8 Å². The maximum Gasteiger partial charge on any atom is 0.251 e. The summed E-state index contributed by atoms with van der Waals surface area (Å²) in [5.74, 6) is 0.166. The normalized spacial score (nSPS) is 12.1. The summed E-state index contributed by atoms with van der Waals surface area (Å²) in [5.41, 5.74) is 2.27. The quantitative estimate of drug-likeness (QED) is 0.833. The van der Waals surface area contributed by atoms with Crippen molar-refractivity contribution in [2.45, 2.75) is 12.0 Å². The molecule has 1 heterocycles. The molecule has 1 atom stereocenters. The van der Waals surface area contributed by atoms with Crippen LogP contribution in [0, 0.1) is 0 Å². The molecule has 0 aliphatic rings. The molecule has 2 aromatic rings. The Morgan fingerprint density at radius 2 is 2.26 bits per heavy atom. The van der Waals surface area contributed by atoms with Crippen LogP contribution in [-0.2, 0) is 5.88 Å². The van der Waals surface area contributed by atoms with E-state index in [-0.39, 0.29) is 12.5 Å². The van der Waals surface area contributed by atoms with Crippen molar-refractivity contribution in [3.8, 4) is 0 Å². The highest BCUT2D eigenvalue weighted by Gasteiger charge is 2.11. The Balaban J connectivity index is 1.94. The highest BCUT2D eigenvalue weighted by atomic mass is 35.5.